The molecule has 0 fully saturated rings. The van der Waals surface area contributed by atoms with E-state index in [1.165, 1.54) is 0 Å². The summed E-state index contributed by atoms with van der Waals surface area (Å²) in [6, 6.07) is 9.89. The van der Waals surface area contributed by atoms with Gasteiger partial charge in [-0.15, -0.1) is 0 Å². The van der Waals surface area contributed by atoms with Crippen molar-refractivity contribution in [3.8, 4) is 11.3 Å². The molecule has 0 bridgehead atoms. The normalized spacial score (nSPS) is 10.8. The highest BCUT2D eigenvalue weighted by Crippen LogP contribution is 2.27. The lowest BCUT2D eigenvalue weighted by Gasteiger charge is -2.07. The van der Waals surface area contributed by atoms with Gasteiger partial charge >= 0.3 is 0 Å². The van der Waals surface area contributed by atoms with E-state index >= 15 is 0 Å². The van der Waals surface area contributed by atoms with Crippen LogP contribution >= 0.6 is 11.6 Å². The quantitative estimate of drug-likeness (QED) is 0.662. The Kier molecular flexibility index (Phi) is 3.13. The van der Waals surface area contributed by atoms with Crippen LogP contribution in [0.15, 0.2) is 42.7 Å². The zero-order valence-corrected chi connectivity index (χ0v) is 11.2. The molecule has 0 saturated heterocycles. The number of nitrogens with zero attached hydrogens (tertiary/aromatic N) is 3. The second-order valence-corrected chi connectivity index (χ2v) is 4.64. The van der Waals surface area contributed by atoms with E-state index in [0.717, 1.165) is 34.3 Å². The molecule has 0 N–H and O–H groups in total. The van der Waals surface area contributed by atoms with E-state index in [1.807, 2.05) is 37.5 Å². The summed E-state index contributed by atoms with van der Waals surface area (Å²) in [5, 5.41) is 2.68. The molecule has 0 saturated carbocycles. The lowest BCUT2D eigenvalue weighted by Crippen LogP contribution is -1.96. The molecule has 0 aliphatic carbocycles. The summed E-state index contributed by atoms with van der Waals surface area (Å²) >= 11 is 6.06. The number of hydrogen-bond donors (Lipinski definition) is 0. The minimum Gasteiger partial charge on any atom is -0.263 e. The first-order valence-corrected chi connectivity index (χ1v) is 6.52. The third-order valence-corrected chi connectivity index (χ3v) is 3.20. The number of fused-ring (bicyclic) bond motifs is 1. The number of halogens is 1. The maximum atomic E-state index is 6.06. The highest BCUT2D eigenvalue weighted by Gasteiger charge is 2.08. The van der Waals surface area contributed by atoms with Gasteiger partial charge in [0, 0.05) is 35.8 Å². The van der Waals surface area contributed by atoms with E-state index in [2.05, 4.69) is 21.0 Å². The van der Waals surface area contributed by atoms with Crippen LogP contribution in [0.2, 0.25) is 5.15 Å². The van der Waals surface area contributed by atoms with Crippen molar-refractivity contribution in [1.82, 2.24) is 15.0 Å². The first-order valence-electron chi connectivity index (χ1n) is 6.14. The summed E-state index contributed by atoms with van der Waals surface area (Å²) in [4.78, 5) is 13.0. The molecule has 0 radical (unpaired) electrons. The SMILES string of the molecule is CCc1nc(Cl)cc(-c2cncc3ccccc23)n1. The van der Waals surface area contributed by atoms with E-state index < -0.39 is 0 Å². The molecular formula is C15H12ClN3. The van der Waals surface area contributed by atoms with Gasteiger partial charge in [0.05, 0.1) is 5.69 Å². The average molecular weight is 270 g/mol. The minimum absolute atomic E-state index is 0.467. The molecule has 4 heteroatoms. The van der Waals surface area contributed by atoms with Gasteiger partial charge in [-0.2, -0.15) is 0 Å². The molecular weight excluding hydrogens is 258 g/mol. The summed E-state index contributed by atoms with van der Waals surface area (Å²) in [5.41, 5.74) is 1.80. The summed E-state index contributed by atoms with van der Waals surface area (Å²) in [5.74, 6) is 0.746. The first-order chi connectivity index (χ1) is 9.28. The standard InChI is InChI=1S/C15H12ClN3/c1-2-15-18-13(7-14(16)19-15)12-9-17-8-10-5-3-4-6-11(10)12/h3-9H,2H2,1H3. The molecule has 1 aromatic carbocycles. The van der Waals surface area contributed by atoms with E-state index in [0.29, 0.717) is 5.15 Å². The number of aromatic nitrogens is 3. The predicted octanol–water partition coefficient (Wildman–Crippen LogP) is 3.91. The van der Waals surface area contributed by atoms with Crippen LogP contribution in [-0.4, -0.2) is 15.0 Å². The third-order valence-electron chi connectivity index (χ3n) is 3.00. The summed E-state index contributed by atoms with van der Waals surface area (Å²) < 4.78 is 0. The zero-order chi connectivity index (χ0) is 13.2. The zero-order valence-electron chi connectivity index (χ0n) is 10.5. The van der Waals surface area contributed by atoms with Crippen molar-refractivity contribution in [2.75, 3.05) is 0 Å². The molecule has 2 aromatic heterocycles. The molecule has 19 heavy (non-hydrogen) atoms. The van der Waals surface area contributed by atoms with Crippen LogP contribution in [0.4, 0.5) is 0 Å². The number of benzene rings is 1. The fourth-order valence-electron chi connectivity index (χ4n) is 2.08. The van der Waals surface area contributed by atoms with Gasteiger partial charge in [-0.05, 0) is 5.39 Å². The van der Waals surface area contributed by atoms with Crippen LogP contribution in [0.3, 0.4) is 0 Å². The average Bonchev–Trinajstić information content (AvgIpc) is 2.46. The van der Waals surface area contributed by atoms with Gasteiger partial charge in [-0.25, -0.2) is 9.97 Å². The van der Waals surface area contributed by atoms with Crippen molar-refractivity contribution in [2.45, 2.75) is 13.3 Å². The van der Waals surface area contributed by atoms with Gasteiger partial charge in [0.1, 0.15) is 11.0 Å². The Morgan fingerprint density at radius 3 is 2.79 bits per heavy atom. The molecule has 3 nitrogen and oxygen atoms in total. The Morgan fingerprint density at radius 2 is 1.95 bits per heavy atom. The Hall–Kier alpha value is -2.00. The third kappa shape index (κ3) is 2.29. The Morgan fingerprint density at radius 1 is 1.11 bits per heavy atom. The molecule has 0 atom stereocenters. The number of hydrogen-bond acceptors (Lipinski definition) is 3. The van der Waals surface area contributed by atoms with E-state index in [4.69, 9.17) is 11.6 Å². The van der Waals surface area contributed by atoms with Crippen molar-refractivity contribution in [3.63, 3.8) is 0 Å². The molecule has 3 rings (SSSR count). The van der Waals surface area contributed by atoms with Crippen molar-refractivity contribution >= 4 is 22.4 Å². The summed E-state index contributed by atoms with van der Waals surface area (Å²) in [6.07, 6.45) is 4.43. The van der Waals surface area contributed by atoms with Crippen LogP contribution in [0.5, 0.6) is 0 Å². The Bertz CT molecular complexity index is 735. The largest absolute Gasteiger partial charge is 0.263 e. The second-order valence-electron chi connectivity index (χ2n) is 4.25. The van der Waals surface area contributed by atoms with Crippen molar-refractivity contribution in [1.29, 1.82) is 0 Å². The topological polar surface area (TPSA) is 38.7 Å². The maximum Gasteiger partial charge on any atom is 0.133 e. The number of rotatable bonds is 2. The lowest BCUT2D eigenvalue weighted by atomic mass is 10.1. The molecule has 0 aliphatic rings. The summed E-state index contributed by atoms with van der Waals surface area (Å²) in [6.45, 7) is 2.01. The van der Waals surface area contributed by atoms with Gasteiger partial charge in [-0.1, -0.05) is 42.8 Å². The van der Waals surface area contributed by atoms with E-state index in [9.17, 15) is 0 Å². The van der Waals surface area contributed by atoms with Gasteiger partial charge < -0.3 is 0 Å². The maximum absolute atomic E-state index is 6.06. The highest BCUT2D eigenvalue weighted by atomic mass is 35.5. The van der Waals surface area contributed by atoms with Crippen LogP contribution < -0.4 is 0 Å². The fraction of sp³-hybridized carbons (Fsp3) is 0.133. The van der Waals surface area contributed by atoms with Crippen molar-refractivity contribution in [3.05, 3.63) is 53.7 Å². The molecule has 0 unspecified atom stereocenters. The highest BCUT2D eigenvalue weighted by molar-refractivity contribution is 6.29. The molecule has 2 heterocycles. The van der Waals surface area contributed by atoms with Gasteiger partial charge in [0.2, 0.25) is 0 Å². The van der Waals surface area contributed by atoms with Gasteiger partial charge in [0.15, 0.2) is 0 Å². The minimum atomic E-state index is 0.467. The molecule has 0 amide bonds. The fourth-order valence-corrected chi connectivity index (χ4v) is 2.28. The molecule has 0 spiro atoms. The van der Waals surface area contributed by atoms with Crippen LogP contribution in [0.1, 0.15) is 12.7 Å². The molecule has 94 valence electrons. The molecule has 0 aliphatic heterocycles. The molecule has 3 aromatic rings. The first kappa shape index (κ1) is 12.1. The van der Waals surface area contributed by atoms with Crippen LogP contribution in [-0.2, 0) is 6.42 Å². The smallest absolute Gasteiger partial charge is 0.133 e. The monoisotopic (exact) mass is 269 g/mol. The van der Waals surface area contributed by atoms with E-state index in [1.54, 1.807) is 6.07 Å². The summed E-state index contributed by atoms with van der Waals surface area (Å²) in [7, 11) is 0. The Labute approximate surface area is 116 Å². The second kappa shape index (κ2) is 4.94. The number of aryl methyl sites for hydroxylation is 1. The lowest BCUT2D eigenvalue weighted by molar-refractivity contribution is 0.943. The Balaban J connectivity index is 2.27. The predicted molar refractivity (Wildman–Crippen MR) is 77.2 cm³/mol. The number of pyridine rings is 1. The van der Waals surface area contributed by atoms with Crippen LogP contribution in [0, 0.1) is 0 Å². The van der Waals surface area contributed by atoms with Crippen molar-refractivity contribution in [2.24, 2.45) is 0 Å². The van der Waals surface area contributed by atoms with Gasteiger partial charge in [-0.3, -0.25) is 4.98 Å². The van der Waals surface area contributed by atoms with Crippen LogP contribution in [0.25, 0.3) is 22.0 Å². The van der Waals surface area contributed by atoms with Crippen molar-refractivity contribution < 1.29 is 0 Å². The van der Waals surface area contributed by atoms with E-state index in [-0.39, 0.29) is 0 Å². The van der Waals surface area contributed by atoms with Gasteiger partial charge in [0.25, 0.3) is 0 Å².